The number of likely N-dealkylation sites (N-methyl/N-ethyl adjacent to an activating group) is 1. The van der Waals surface area contributed by atoms with E-state index in [2.05, 4.69) is 206 Å². The second-order valence-corrected chi connectivity index (χ2v) is 41.4. The summed E-state index contributed by atoms with van der Waals surface area (Å²) in [7, 11) is -0.586. The van der Waals surface area contributed by atoms with Crippen molar-refractivity contribution in [2.75, 3.05) is 150 Å². The van der Waals surface area contributed by atoms with Crippen molar-refractivity contribution >= 4 is 15.7 Å². The normalized spacial score (nSPS) is 19.3. The first-order valence-corrected chi connectivity index (χ1v) is 42.4. The Labute approximate surface area is 635 Å². The number of amides is 1. The summed E-state index contributed by atoms with van der Waals surface area (Å²) in [5, 5.41) is 17.3. The number of hydrogen-bond acceptors (Lipinski definition) is 12. The van der Waals surface area contributed by atoms with Crippen molar-refractivity contribution in [3.8, 4) is 6.07 Å². The maximum Gasteiger partial charge on any atom is 0.219 e. The molecule has 0 aliphatic carbocycles. The minimum atomic E-state index is -2.81. The third-order valence-corrected chi connectivity index (χ3v) is 23.7. The molecule has 0 bridgehead atoms. The lowest BCUT2D eigenvalue weighted by molar-refractivity contribution is -0.130. The highest BCUT2D eigenvalue weighted by molar-refractivity contribution is 7.90. The van der Waals surface area contributed by atoms with Crippen LogP contribution in [-0.2, 0) is 20.0 Å². The first kappa shape index (κ1) is 97.9. The van der Waals surface area contributed by atoms with Gasteiger partial charge in [0.05, 0.1) is 18.4 Å². The Hall–Kier alpha value is -3.14. The van der Waals surface area contributed by atoms with Crippen molar-refractivity contribution in [1.82, 2.24) is 39.3 Å². The van der Waals surface area contributed by atoms with Crippen LogP contribution in [0, 0.1) is 92.0 Å². The zero-order chi connectivity index (χ0) is 79.0. The number of β-amino-alcohol motifs (C(OH)–C–C–N with tert-alkyl or cyclic N) is 1. The van der Waals surface area contributed by atoms with E-state index in [9.17, 15) is 22.0 Å². The summed E-state index contributed by atoms with van der Waals surface area (Å²) in [4.78, 5) is 31.8. The van der Waals surface area contributed by atoms with Gasteiger partial charge >= 0.3 is 0 Å². The molecule has 6 aliphatic heterocycles. The molecule has 1 aromatic heterocycles. The van der Waals surface area contributed by atoms with Crippen LogP contribution < -0.4 is 0 Å². The summed E-state index contributed by atoms with van der Waals surface area (Å²) in [6, 6.07) is 7.88. The Kier molecular flexibility index (Phi) is 44.1. The van der Waals surface area contributed by atoms with Crippen molar-refractivity contribution in [2.24, 2.45) is 62.1 Å². The van der Waals surface area contributed by atoms with Gasteiger partial charge in [-0.05, 0) is 258 Å². The number of aryl methyl sites for hydroxylation is 1. The molecule has 0 unspecified atom stereocenters. The van der Waals surface area contributed by atoms with Crippen LogP contribution in [0.4, 0.5) is 8.78 Å². The van der Waals surface area contributed by atoms with Crippen molar-refractivity contribution in [1.29, 1.82) is 5.26 Å². The minimum absolute atomic E-state index is 0.205. The molecule has 2 aromatic rings. The Morgan fingerprint density at radius 3 is 1.20 bits per heavy atom. The molecule has 1 N–H and O–H groups in total. The van der Waals surface area contributed by atoms with Crippen LogP contribution in [0.15, 0.2) is 36.7 Å². The summed E-state index contributed by atoms with van der Waals surface area (Å²) in [5.41, 5.74) is 5.90. The van der Waals surface area contributed by atoms with Gasteiger partial charge in [0.2, 0.25) is 5.91 Å². The minimum Gasteiger partial charge on any atom is -0.395 e. The summed E-state index contributed by atoms with van der Waals surface area (Å²) in [5.74, 6) is 4.32. The number of hydrogen-bond donors (Lipinski definition) is 1. The summed E-state index contributed by atoms with van der Waals surface area (Å²) in [6.45, 7) is 79.7. The van der Waals surface area contributed by atoms with Gasteiger partial charge in [-0.1, -0.05) is 166 Å². The number of rotatable bonds is 11. The van der Waals surface area contributed by atoms with Crippen LogP contribution in [0.1, 0.15) is 273 Å². The number of aliphatic hydroxyl groups is 1. The molecular weight excluding hydrogens is 1310 g/mol. The van der Waals surface area contributed by atoms with Crippen molar-refractivity contribution in [3.63, 3.8) is 0 Å². The van der Waals surface area contributed by atoms with E-state index < -0.39 is 21.5 Å². The van der Waals surface area contributed by atoms with Crippen LogP contribution in [0.3, 0.4) is 0 Å². The SMILES string of the molecule is CC(=O)N1CCC(C(C)(C)C)CC1.CC(C)(C)C1CCN(CCC#N)CC1.CC(C)(C)C1CCN(CCO)CC1.CC(C)(C)C1CCN(CCS(C)(=O)=O)CC1.CC(C)(C)c1cc(F)cc(F)c1.CCN1CCN(CCC(C)(C)C)CC1.CN1CCC(C(C)(C)C)CC1.Cc1ccncc1C(C)C. The Morgan fingerprint density at radius 1 is 0.553 bits per heavy atom. The molecule has 0 atom stereocenters. The Balaban J connectivity index is 0.000000590. The molecule has 8 rings (SSSR count). The number of aliphatic hydroxyl groups excluding tert-OH is 1. The van der Waals surface area contributed by atoms with Gasteiger partial charge in [0.15, 0.2) is 0 Å². The molecule has 7 heterocycles. The monoisotopic (exact) mass is 1470 g/mol. The van der Waals surface area contributed by atoms with Crippen molar-refractivity contribution in [3.05, 3.63) is 65.0 Å². The van der Waals surface area contributed by atoms with Crippen LogP contribution in [0.25, 0.3) is 0 Å². The second kappa shape index (κ2) is 46.4. The van der Waals surface area contributed by atoms with Crippen LogP contribution in [0.5, 0.6) is 0 Å². The molecule has 6 aliphatic rings. The average molecular weight is 1470 g/mol. The first-order chi connectivity index (χ1) is 47.3. The molecule has 103 heavy (non-hydrogen) atoms. The van der Waals surface area contributed by atoms with E-state index in [1.807, 2.05) is 38.1 Å². The first-order valence-electron chi connectivity index (χ1n) is 40.4. The second-order valence-electron chi connectivity index (χ2n) is 39.2. The largest absolute Gasteiger partial charge is 0.395 e. The average Bonchev–Trinajstić information content (AvgIpc) is 0.843. The molecule has 0 saturated carbocycles. The van der Waals surface area contributed by atoms with Gasteiger partial charge in [0, 0.05) is 97.0 Å². The van der Waals surface area contributed by atoms with Gasteiger partial charge in [-0.15, -0.1) is 0 Å². The number of aromatic nitrogens is 1. The number of piperidine rings is 5. The lowest BCUT2D eigenvalue weighted by Crippen LogP contribution is -2.46. The molecule has 600 valence electrons. The van der Waals surface area contributed by atoms with Crippen molar-refractivity contribution in [2.45, 2.75) is 268 Å². The topological polar surface area (TPSA) is 131 Å². The van der Waals surface area contributed by atoms with Gasteiger partial charge in [-0.25, -0.2) is 17.2 Å². The fourth-order valence-electron chi connectivity index (χ4n) is 14.5. The summed E-state index contributed by atoms with van der Waals surface area (Å²) < 4.78 is 47.6. The van der Waals surface area contributed by atoms with Crippen LogP contribution >= 0.6 is 0 Å². The maximum absolute atomic E-state index is 12.7. The Bertz CT molecular complexity index is 2710. The fourth-order valence-corrected chi connectivity index (χ4v) is 15.1. The predicted octanol–water partition coefficient (Wildman–Crippen LogP) is 18.7. The van der Waals surface area contributed by atoms with E-state index >= 15 is 0 Å². The van der Waals surface area contributed by atoms with E-state index in [-0.39, 0.29) is 11.3 Å². The number of pyridine rings is 1. The number of carbonyl (C=O) groups excluding carboxylic acids is 1. The number of benzene rings is 1. The standard InChI is InChI=1S/C12H22N2.C12H26N2.C12H25NO2S.C11H21NO.C11H23NO.C10H12F2.C10H21N.C9H13N/c1-12(2,3)11-5-9-14(10-6-11)8-4-7-13;1-5-13-8-10-14(11-9-13)7-6-12(2,3)4;1-12(2,3)11-5-7-13(8-6-11)9-10-16(4,14)15;1-9(13)12-7-5-10(6-8-12)11(2,3)4;1-11(2,3)10-4-6-12(7-5-10)8-9-13;1-10(2,3)7-4-8(11)6-9(12)5-7;1-10(2,3)9-5-7-11(4)8-6-9;1-7(2)9-6-10-5-4-8(9)3/h11H,4-6,8-10H2,1-3H3;5-11H2,1-4H3;11H,5-10H2,1-4H3;10H,5-8H2,1-4H3;10,13H,4-9H2,1-3H3;4-6H,1-3H3;9H,5-8H2,1-4H3;4-7H,1-3H3. The zero-order valence-electron chi connectivity index (χ0n) is 72.1. The molecule has 0 radical (unpaired) electrons. The molecule has 0 spiro atoms. The van der Waals surface area contributed by atoms with E-state index in [1.54, 1.807) is 6.92 Å². The van der Waals surface area contributed by atoms with E-state index in [0.717, 1.165) is 74.9 Å². The molecule has 13 nitrogen and oxygen atoms in total. The smallest absolute Gasteiger partial charge is 0.219 e. The summed E-state index contributed by atoms with van der Waals surface area (Å²) in [6.07, 6.45) is 19.8. The molecule has 1 amide bonds. The molecule has 16 heteroatoms. The highest BCUT2D eigenvalue weighted by atomic mass is 32.2. The Morgan fingerprint density at radius 2 is 0.903 bits per heavy atom. The summed E-state index contributed by atoms with van der Waals surface area (Å²) >= 11 is 0. The van der Waals surface area contributed by atoms with E-state index in [1.165, 1.54) is 179 Å². The van der Waals surface area contributed by atoms with Gasteiger partial charge in [0.25, 0.3) is 0 Å². The van der Waals surface area contributed by atoms with Gasteiger partial charge in [-0.3, -0.25) is 9.78 Å². The van der Waals surface area contributed by atoms with Gasteiger partial charge < -0.3 is 39.4 Å². The van der Waals surface area contributed by atoms with Gasteiger partial charge in [-0.2, -0.15) is 5.26 Å². The lowest BCUT2D eigenvalue weighted by Gasteiger charge is -2.38. The third-order valence-electron chi connectivity index (χ3n) is 22.8. The number of likely N-dealkylation sites (tertiary alicyclic amines) is 5. The third kappa shape index (κ3) is 44.2. The maximum atomic E-state index is 12.7. The molecular formula is C87H163F2N9O4S. The number of piperazine rings is 1. The molecule has 6 saturated heterocycles. The van der Waals surface area contributed by atoms with E-state index in [4.69, 9.17) is 10.4 Å². The lowest BCUT2D eigenvalue weighted by atomic mass is 9.75. The van der Waals surface area contributed by atoms with Gasteiger partial charge in [0.1, 0.15) is 21.5 Å². The number of nitrogens with zero attached hydrogens (tertiary/aromatic N) is 9. The number of carbonyl (C=O) groups is 1. The fraction of sp³-hybridized carbons (Fsp3) is 0.851. The van der Waals surface area contributed by atoms with Crippen molar-refractivity contribution < 1.29 is 27.1 Å². The number of halogens is 2. The van der Waals surface area contributed by atoms with Crippen LogP contribution in [-0.4, -0.2) is 209 Å². The number of sulfone groups is 1. The highest BCUT2D eigenvalue weighted by Crippen LogP contribution is 2.38. The van der Waals surface area contributed by atoms with Crippen LogP contribution in [0.2, 0.25) is 0 Å². The zero-order valence-corrected chi connectivity index (χ0v) is 72.9. The number of nitriles is 1. The molecule has 6 fully saturated rings. The molecule has 1 aromatic carbocycles. The highest BCUT2D eigenvalue weighted by Gasteiger charge is 2.33. The predicted molar refractivity (Wildman–Crippen MR) is 438 cm³/mol. The van der Waals surface area contributed by atoms with E-state index in [0.29, 0.717) is 69.3 Å². The quantitative estimate of drug-likeness (QED) is 0.230.